The molecule has 0 aromatic heterocycles. The van der Waals surface area contributed by atoms with Crippen LogP contribution in [0.1, 0.15) is 32.1 Å². The van der Waals surface area contributed by atoms with Crippen LogP contribution in [0.25, 0.3) is 0 Å². The fourth-order valence-electron chi connectivity index (χ4n) is 2.79. The molecule has 2 aliphatic rings. The maximum Gasteiger partial charge on any atom is 0.404 e. The minimum Gasteiger partial charge on any atom is -0.450 e. The molecule has 0 radical (unpaired) electrons. The summed E-state index contributed by atoms with van der Waals surface area (Å²) in [6, 6.07) is 1.17. The molecule has 80 valence electrons. The number of fused-ring (bicyclic) bond motifs is 2. The predicted octanol–water partition coefficient (Wildman–Crippen LogP) is 2.38. The lowest BCUT2D eigenvalue weighted by Gasteiger charge is -2.46. The lowest BCUT2D eigenvalue weighted by Crippen LogP contribution is -2.51. The Morgan fingerprint density at radius 3 is 2.43 bits per heavy atom. The molecule has 2 unspecified atom stereocenters. The normalized spacial score (nSPS) is 38.0. The Morgan fingerprint density at radius 2 is 1.93 bits per heavy atom. The average molecular weight is 218 g/mol. The van der Waals surface area contributed by atoms with Gasteiger partial charge in [0.05, 0.1) is 0 Å². The van der Waals surface area contributed by atoms with Gasteiger partial charge in [-0.2, -0.15) is 0 Å². The number of piperidine rings is 2. The van der Waals surface area contributed by atoms with Gasteiger partial charge < -0.3 is 9.64 Å². The first kappa shape index (κ1) is 10.2. The van der Waals surface area contributed by atoms with Crippen molar-refractivity contribution in [3.05, 3.63) is 0 Å². The van der Waals surface area contributed by atoms with E-state index in [1.54, 1.807) is 0 Å². The first-order valence-corrected chi connectivity index (χ1v) is 5.62. The van der Waals surface area contributed by atoms with E-state index in [1.807, 2.05) is 0 Å². The molecule has 2 saturated heterocycles. The van der Waals surface area contributed by atoms with Gasteiger partial charge in [-0.05, 0) is 19.9 Å². The van der Waals surface area contributed by atoms with E-state index in [4.69, 9.17) is 16.3 Å². The summed E-state index contributed by atoms with van der Waals surface area (Å²) < 4.78 is 5.08. The molecule has 0 aliphatic carbocycles. The summed E-state index contributed by atoms with van der Waals surface area (Å²) in [6.45, 7) is 0. The van der Waals surface area contributed by atoms with E-state index < -0.39 is 5.43 Å². The molecular weight excluding hydrogens is 202 g/mol. The molecule has 2 heterocycles. The van der Waals surface area contributed by atoms with Crippen molar-refractivity contribution in [1.82, 2.24) is 4.90 Å². The molecular formula is C10H16ClNO2. The third-order valence-corrected chi connectivity index (χ3v) is 3.64. The summed E-state index contributed by atoms with van der Waals surface area (Å²) in [5, 5.41) is 0. The van der Waals surface area contributed by atoms with E-state index in [9.17, 15) is 4.79 Å². The van der Waals surface area contributed by atoms with Gasteiger partial charge in [-0.15, -0.1) is 0 Å². The summed E-state index contributed by atoms with van der Waals surface area (Å²) in [5.41, 5.74) is -0.655. The monoisotopic (exact) mass is 217 g/mol. The molecule has 0 N–H and O–H groups in total. The Labute approximate surface area is 89.4 Å². The third-order valence-electron chi connectivity index (χ3n) is 3.56. The Hall–Kier alpha value is -0.280. The van der Waals surface area contributed by atoms with Crippen LogP contribution < -0.4 is 0 Å². The molecule has 0 aromatic carbocycles. The van der Waals surface area contributed by atoms with Crippen molar-refractivity contribution < 1.29 is 9.53 Å². The molecule has 0 spiro atoms. The molecule has 2 rings (SSSR count). The predicted molar refractivity (Wildman–Crippen MR) is 54.5 cm³/mol. The van der Waals surface area contributed by atoms with Crippen LogP contribution in [0.5, 0.6) is 0 Å². The zero-order valence-electron chi connectivity index (χ0n) is 8.41. The third kappa shape index (κ3) is 2.04. The van der Waals surface area contributed by atoms with Crippen LogP contribution in [-0.2, 0) is 4.74 Å². The minimum atomic E-state index is -0.655. The number of carbonyl (C=O) groups is 1. The van der Waals surface area contributed by atoms with E-state index in [1.165, 1.54) is 19.3 Å². The zero-order chi connectivity index (χ0) is 10.1. The summed E-state index contributed by atoms with van der Waals surface area (Å²) in [7, 11) is 2.17. The van der Waals surface area contributed by atoms with E-state index in [0.717, 1.165) is 12.8 Å². The van der Waals surface area contributed by atoms with Crippen LogP contribution in [0.15, 0.2) is 0 Å². The number of hydrogen-bond donors (Lipinski definition) is 0. The number of hydrogen-bond acceptors (Lipinski definition) is 3. The number of nitrogens with zero attached hydrogens (tertiary/aromatic N) is 1. The number of halogens is 1. The fraction of sp³-hybridized carbons (Fsp3) is 0.900. The molecule has 4 heteroatoms. The second-order valence-corrected chi connectivity index (χ2v) is 4.66. The van der Waals surface area contributed by atoms with Gasteiger partial charge in [0.2, 0.25) is 0 Å². The van der Waals surface area contributed by atoms with Crippen molar-refractivity contribution in [3.63, 3.8) is 0 Å². The van der Waals surface area contributed by atoms with Crippen LogP contribution in [0.4, 0.5) is 4.79 Å². The van der Waals surface area contributed by atoms with Gasteiger partial charge in [0.15, 0.2) is 0 Å². The highest BCUT2D eigenvalue weighted by Crippen LogP contribution is 2.33. The molecule has 0 saturated carbocycles. The van der Waals surface area contributed by atoms with Gasteiger partial charge in [0, 0.05) is 36.5 Å². The first-order chi connectivity index (χ1) is 6.66. The zero-order valence-corrected chi connectivity index (χ0v) is 9.17. The standard InChI is InChI=1S/C10H16ClNO2/c1-12-7-3-2-4-8(12)6-9(5-7)14-10(11)13/h7-9H,2-6H2,1H3. The van der Waals surface area contributed by atoms with Crippen LogP contribution in [0, 0.1) is 0 Å². The van der Waals surface area contributed by atoms with Crippen LogP contribution in [0.2, 0.25) is 0 Å². The van der Waals surface area contributed by atoms with Crippen molar-refractivity contribution in [3.8, 4) is 0 Å². The molecule has 3 nitrogen and oxygen atoms in total. The second kappa shape index (κ2) is 4.07. The van der Waals surface area contributed by atoms with Crippen molar-refractivity contribution in [2.24, 2.45) is 0 Å². The summed E-state index contributed by atoms with van der Waals surface area (Å²) >= 11 is 5.23. The molecule has 2 fully saturated rings. The van der Waals surface area contributed by atoms with Crippen molar-refractivity contribution >= 4 is 17.0 Å². The molecule has 0 amide bonds. The Bertz CT molecular complexity index is 220. The summed E-state index contributed by atoms with van der Waals surface area (Å²) in [5.74, 6) is 0. The maximum atomic E-state index is 10.6. The molecule has 2 aliphatic heterocycles. The second-order valence-electron chi connectivity index (χ2n) is 4.35. The lowest BCUT2D eigenvalue weighted by atomic mass is 9.83. The van der Waals surface area contributed by atoms with Gasteiger partial charge in [0.25, 0.3) is 0 Å². The van der Waals surface area contributed by atoms with E-state index in [2.05, 4.69) is 11.9 Å². The molecule has 0 aromatic rings. The highest BCUT2D eigenvalue weighted by Gasteiger charge is 2.37. The van der Waals surface area contributed by atoms with Crippen LogP contribution >= 0.6 is 11.6 Å². The molecule has 14 heavy (non-hydrogen) atoms. The van der Waals surface area contributed by atoms with E-state index >= 15 is 0 Å². The Balaban J connectivity index is 1.97. The molecule has 2 bridgehead atoms. The highest BCUT2D eigenvalue weighted by molar-refractivity contribution is 6.61. The van der Waals surface area contributed by atoms with Crippen molar-refractivity contribution in [1.29, 1.82) is 0 Å². The smallest absolute Gasteiger partial charge is 0.404 e. The first-order valence-electron chi connectivity index (χ1n) is 5.25. The van der Waals surface area contributed by atoms with E-state index in [-0.39, 0.29) is 6.10 Å². The van der Waals surface area contributed by atoms with Crippen molar-refractivity contribution in [2.45, 2.75) is 50.3 Å². The molecule has 2 atom stereocenters. The van der Waals surface area contributed by atoms with Crippen molar-refractivity contribution in [2.75, 3.05) is 7.05 Å². The van der Waals surface area contributed by atoms with Gasteiger partial charge in [0.1, 0.15) is 6.10 Å². The quantitative estimate of drug-likeness (QED) is 0.632. The van der Waals surface area contributed by atoms with Gasteiger partial charge in [-0.1, -0.05) is 6.42 Å². The topological polar surface area (TPSA) is 29.5 Å². The Morgan fingerprint density at radius 1 is 1.36 bits per heavy atom. The van der Waals surface area contributed by atoms with E-state index in [0.29, 0.717) is 12.1 Å². The SMILES string of the molecule is CN1C2CCCC1CC(OC(=O)Cl)C2. The average Bonchev–Trinajstić information content (AvgIpc) is 2.05. The van der Waals surface area contributed by atoms with Gasteiger partial charge in [-0.25, -0.2) is 4.79 Å². The highest BCUT2D eigenvalue weighted by atomic mass is 35.5. The number of rotatable bonds is 1. The number of carbonyl (C=O) groups excluding carboxylic acids is 1. The summed E-state index contributed by atoms with van der Waals surface area (Å²) in [6.07, 6.45) is 5.71. The minimum absolute atomic E-state index is 0.0477. The number of ether oxygens (including phenoxy) is 1. The Kier molecular flexibility index (Phi) is 2.98. The summed E-state index contributed by atoms with van der Waals surface area (Å²) in [4.78, 5) is 13.1. The van der Waals surface area contributed by atoms with Crippen LogP contribution in [-0.4, -0.2) is 35.6 Å². The van der Waals surface area contributed by atoms with Crippen LogP contribution in [0.3, 0.4) is 0 Å². The lowest BCUT2D eigenvalue weighted by molar-refractivity contribution is -0.0133. The fourth-order valence-corrected chi connectivity index (χ4v) is 2.92. The maximum absolute atomic E-state index is 10.6. The van der Waals surface area contributed by atoms with Gasteiger partial charge in [-0.3, -0.25) is 0 Å². The largest absolute Gasteiger partial charge is 0.450 e. The van der Waals surface area contributed by atoms with Gasteiger partial charge >= 0.3 is 5.43 Å².